The van der Waals surface area contributed by atoms with Gasteiger partial charge in [0.05, 0.1) is 12.9 Å². The molecule has 1 N–H and O–H groups in total. The van der Waals surface area contributed by atoms with Gasteiger partial charge in [-0.3, -0.25) is 0 Å². The molecule has 0 saturated heterocycles. The van der Waals surface area contributed by atoms with Crippen LogP contribution in [0.5, 0.6) is 5.75 Å². The lowest BCUT2D eigenvalue weighted by Gasteiger charge is -2.14. The average molecular weight is 337 g/mol. The number of ether oxygens (including phenoxy) is 1. The summed E-state index contributed by atoms with van der Waals surface area (Å²) in [5.41, 5.74) is 3.36. The van der Waals surface area contributed by atoms with E-state index >= 15 is 0 Å². The zero-order chi connectivity index (χ0) is 17.0. The number of sulfonamides is 1. The summed E-state index contributed by atoms with van der Waals surface area (Å²) in [6.45, 7) is 4.02. The molecule has 0 aliphatic rings. The Morgan fingerprint density at radius 3 is 2.39 bits per heavy atom. The molecule has 0 saturated carbocycles. The predicted octanol–water partition coefficient (Wildman–Crippen LogP) is 3.07. The molecule has 0 spiro atoms. The van der Waals surface area contributed by atoms with Gasteiger partial charge in [0.1, 0.15) is 11.6 Å². The van der Waals surface area contributed by atoms with Gasteiger partial charge < -0.3 is 4.74 Å². The molecule has 0 fully saturated rings. The number of halogens is 1. The summed E-state index contributed by atoms with van der Waals surface area (Å²) in [5, 5.41) is 0. The summed E-state index contributed by atoms with van der Waals surface area (Å²) >= 11 is 0. The summed E-state index contributed by atoms with van der Waals surface area (Å²) in [6.07, 6.45) is 0. The Balaban J connectivity index is 2.12. The van der Waals surface area contributed by atoms with E-state index in [0.717, 1.165) is 16.7 Å². The second-order valence-corrected chi connectivity index (χ2v) is 7.28. The number of hydrogen-bond acceptors (Lipinski definition) is 3. The number of hydrogen-bond donors (Lipinski definition) is 1. The Kier molecular flexibility index (Phi) is 5.38. The zero-order valence-electron chi connectivity index (χ0n) is 13.4. The van der Waals surface area contributed by atoms with Crippen molar-refractivity contribution in [3.63, 3.8) is 0 Å². The number of methoxy groups -OCH3 is 1. The minimum atomic E-state index is -3.53. The van der Waals surface area contributed by atoms with Crippen LogP contribution in [0.1, 0.15) is 22.3 Å². The molecule has 23 heavy (non-hydrogen) atoms. The normalized spacial score (nSPS) is 11.5. The summed E-state index contributed by atoms with van der Waals surface area (Å²) in [5.74, 6) is 0.0756. The van der Waals surface area contributed by atoms with Gasteiger partial charge in [0.2, 0.25) is 10.0 Å². The lowest BCUT2D eigenvalue weighted by molar-refractivity contribution is 0.408. The second kappa shape index (κ2) is 7.10. The van der Waals surface area contributed by atoms with Crippen LogP contribution in [0.25, 0.3) is 0 Å². The Labute approximate surface area is 136 Å². The smallest absolute Gasteiger partial charge is 0.216 e. The molecular weight excluding hydrogens is 317 g/mol. The van der Waals surface area contributed by atoms with Gasteiger partial charge in [-0.25, -0.2) is 17.5 Å². The van der Waals surface area contributed by atoms with Gasteiger partial charge in [0.25, 0.3) is 0 Å². The molecule has 2 aromatic rings. The first-order valence-electron chi connectivity index (χ1n) is 7.16. The third-order valence-electron chi connectivity index (χ3n) is 3.54. The Morgan fingerprint density at radius 2 is 1.78 bits per heavy atom. The minimum absolute atomic E-state index is 0.152. The van der Waals surface area contributed by atoms with Gasteiger partial charge in [-0.05, 0) is 48.7 Å². The fraction of sp³-hybridized carbons (Fsp3) is 0.294. The number of aryl methyl sites for hydroxylation is 2. The van der Waals surface area contributed by atoms with Gasteiger partial charge in [-0.2, -0.15) is 0 Å². The largest absolute Gasteiger partial charge is 0.496 e. The van der Waals surface area contributed by atoms with E-state index < -0.39 is 10.0 Å². The third kappa shape index (κ3) is 4.77. The Morgan fingerprint density at radius 1 is 1.13 bits per heavy atom. The fourth-order valence-corrected chi connectivity index (χ4v) is 3.50. The fourth-order valence-electron chi connectivity index (χ4n) is 2.40. The first kappa shape index (κ1) is 17.4. The molecule has 0 aromatic heterocycles. The molecule has 0 bridgehead atoms. The molecule has 4 nitrogen and oxygen atoms in total. The standard InChI is InChI=1S/C17H20FNO3S/c1-12-8-13(2)16(17(9-12)22-3)10-19-23(20,21)11-14-4-6-15(18)7-5-14/h4-9,19H,10-11H2,1-3H3. The van der Waals surface area contributed by atoms with Crippen LogP contribution < -0.4 is 9.46 Å². The first-order valence-corrected chi connectivity index (χ1v) is 8.82. The van der Waals surface area contributed by atoms with E-state index in [9.17, 15) is 12.8 Å². The molecule has 0 amide bonds. The van der Waals surface area contributed by atoms with Crippen molar-refractivity contribution in [1.29, 1.82) is 0 Å². The van der Waals surface area contributed by atoms with Crippen molar-refractivity contribution >= 4 is 10.0 Å². The quantitative estimate of drug-likeness (QED) is 0.881. The van der Waals surface area contributed by atoms with E-state index in [4.69, 9.17) is 4.74 Å². The van der Waals surface area contributed by atoms with Gasteiger partial charge in [-0.1, -0.05) is 18.2 Å². The summed E-state index contributed by atoms with van der Waals surface area (Å²) in [4.78, 5) is 0. The number of nitrogens with one attached hydrogen (secondary N) is 1. The second-order valence-electron chi connectivity index (χ2n) is 5.47. The van der Waals surface area contributed by atoms with Gasteiger partial charge >= 0.3 is 0 Å². The summed E-state index contributed by atoms with van der Waals surface area (Å²) in [7, 11) is -1.97. The van der Waals surface area contributed by atoms with Crippen LogP contribution in [-0.2, 0) is 22.3 Å². The molecule has 0 aliphatic heterocycles. The molecule has 0 heterocycles. The maximum Gasteiger partial charge on any atom is 0.216 e. The van der Waals surface area contributed by atoms with Crippen molar-refractivity contribution in [3.05, 3.63) is 64.5 Å². The SMILES string of the molecule is COc1cc(C)cc(C)c1CNS(=O)(=O)Cc1ccc(F)cc1. The topological polar surface area (TPSA) is 55.4 Å². The zero-order valence-corrected chi connectivity index (χ0v) is 14.2. The van der Waals surface area contributed by atoms with E-state index in [1.807, 2.05) is 26.0 Å². The lowest BCUT2D eigenvalue weighted by atomic mass is 10.0. The van der Waals surface area contributed by atoms with Crippen molar-refractivity contribution in [2.24, 2.45) is 0 Å². The van der Waals surface area contributed by atoms with Crippen molar-refractivity contribution in [2.75, 3.05) is 7.11 Å². The van der Waals surface area contributed by atoms with Gasteiger partial charge in [-0.15, -0.1) is 0 Å². The minimum Gasteiger partial charge on any atom is -0.496 e. The van der Waals surface area contributed by atoms with Crippen LogP contribution in [0.15, 0.2) is 36.4 Å². The molecule has 0 radical (unpaired) electrons. The highest BCUT2D eigenvalue weighted by Gasteiger charge is 2.14. The van der Waals surface area contributed by atoms with E-state index in [2.05, 4.69) is 4.72 Å². The van der Waals surface area contributed by atoms with Crippen molar-refractivity contribution in [2.45, 2.75) is 26.1 Å². The van der Waals surface area contributed by atoms with Crippen LogP contribution in [-0.4, -0.2) is 15.5 Å². The molecule has 2 rings (SSSR count). The first-order chi connectivity index (χ1) is 10.8. The van der Waals surface area contributed by atoms with E-state index in [1.54, 1.807) is 7.11 Å². The Hall–Kier alpha value is -1.92. The van der Waals surface area contributed by atoms with Gasteiger partial charge in [0.15, 0.2) is 0 Å². The molecule has 0 unspecified atom stereocenters. The van der Waals surface area contributed by atoms with Crippen LogP contribution in [0.3, 0.4) is 0 Å². The highest BCUT2D eigenvalue weighted by Crippen LogP contribution is 2.24. The monoisotopic (exact) mass is 337 g/mol. The maximum atomic E-state index is 12.9. The highest BCUT2D eigenvalue weighted by atomic mass is 32.2. The average Bonchev–Trinajstić information content (AvgIpc) is 2.47. The number of benzene rings is 2. The van der Waals surface area contributed by atoms with Crippen LogP contribution >= 0.6 is 0 Å². The molecule has 124 valence electrons. The highest BCUT2D eigenvalue weighted by molar-refractivity contribution is 7.88. The maximum absolute atomic E-state index is 12.9. The summed E-state index contributed by atoms with van der Waals surface area (Å²) < 4.78 is 45.2. The number of rotatable bonds is 6. The molecular formula is C17H20FNO3S. The van der Waals surface area contributed by atoms with Gasteiger partial charge in [0, 0.05) is 12.1 Å². The van der Waals surface area contributed by atoms with Crippen molar-refractivity contribution in [1.82, 2.24) is 4.72 Å². The third-order valence-corrected chi connectivity index (χ3v) is 4.83. The molecule has 2 aromatic carbocycles. The van der Waals surface area contributed by atoms with Crippen LogP contribution in [0.2, 0.25) is 0 Å². The Bertz CT molecular complexity index is 786. The van der Waals surface area contributed by atoms with Crippen molar-refractivity contribution in [3.8, 4) is 5.75 Å². The summed E-state index contributed by atoms with van der Waals surface area (Å²) in [6, 6.07) is 9.28. The lowest BCUT2D eigenvalue weighted by Crippen LogP contribution is -2.25. The van der Waals surface area contributed by atoms with Crippen LogP contribution in [0.4, 0.5) is 4.39 Å². The van der Waals surface area contributed by atoms with E-state index in [1.165, 1.54) is 24.3 Å². The molecule has 6 heteroatoms. The van der Waals surface area contributed by atoms with E-state index in [0.29, 0.717) is 11.3 Å². The molecule has 0 atom stereocenters. The van der Waals surface area contributed by atoms with Crippen molar-refractivity contribution < 1.29 is 17.5 Å². The van der Waals surface area contributed by atoms with Crippen LogP contribution in [0, 0.1) is 19.7 Å². The molecule has 0 aliphatic carbocycles. The van der Waals surface area contributed by atoms with E-state index in [-0.39, 0.29) is 18.1 Å². The predicted molar refractivity (Wildman–Crippen MR) is 88.3 cm³/mol.